The molecule has 4 nitrogen and oxygen atoms in total. The minimum atomic E-state index is 0.499. The molecule has 3 N–H and O–H groups in total. The number of thiophene rings is 1. The van der Waals surface area contributed by atoms with Crippen molar-refractivity contribution in [2.75, 3.05) is 6.54 Å². The van der Waals surface area contributed by atoms with Gasteiger partial charge >= 0.3 is 0 Å². The topological polar surface area (TPSA) is 63.3 Å². The van der Waals surface area contributed by atoms with Gasteiger partial charge in [0.25, 0.3) is 0 Å². The van der Waals surface area contributed by atoms with E-state index in [1.54, 1.807) is 22.7 Å². The second-order valence-electron chi connectivity index (χ2n) is 3.82. The van der Waals surface area contributed by atoms with Crippen LogP contribution in [-0.2, 0) is 13.0 Å². The Kier molecular flexibility index (Phi) is 4.72. The Balaban J connectivity index is 1.74. The molecule has 0 aliphatic rings. The van der Waals surface area contributed by atoms with Gasteiger partial charge in [0.15, 0.2) is 5.96 Å². The van der Waals surface area contributed by atoms with Crippen LogP contribution in [0.2, 0.25) is 0 Å². The maximum atomic E-state index is 5.81. The molecule has 2 heterocycles. The van der Waals surface area contributed by atoms with Crippen molar-refractivity contribution in [3.8, 4) is 0 Å². The quantitative estimate of drug-likeness (QED) is 0.651. The Bertz CT molecular complexity index is 502. The lowest BCUT2D eigenvalue weighted by atomic mass is 10.3. The molecule has 0 unspecified atom stereocenters. The molecule has 0 saturated heterocycles. The van der Waals surface area contributed by atoms with Gasteiger partial charge in [-0.1, -0.05) is 6.07 Å². The first-order valence-corrected chi connectivity index (χ1v) is 7.47. The van der Waals surface area contributed by atoms with Crippen molar-refractivity contribution in [2.24, 2.45) is 10.7 Å². The molecule has 0 radical (unpaired) electrons. The third-order valence-electron chi connectivity index (χ3n) is 2.50. The number of hydrogen-bond donors (Lipinski definition) is 2. The maximum Gasteiger partial charge on any atom is 0.188 e. The van der Waals surface area contributed by atoms with Gasteiger partial charge in [-0.05, 0) is 24.8 Å². The van der Waals surface area contributed by atoms with Crippen LogP contribution in [-0.4, -0.2) is 17.5 Å². The lowest BCUT2D eigenvalue weighted by Gasteiger charge is -2.04. The van der Waals surface area contributed by atoms with Crippen LogP contribution in [0, 0.1) is 6.92 Å². The van der Waals surface area contributed by atoms with E-state index in [4.69, 9.17) is 5.73 Å². The predicted molar refractivity (Wildman–Crippen MR) is 78.2 cm³/mol. The number of nitrogens with one attached hydrogen (secondary N) is 1. The highest BCUT2D eigenvalue weighted by molar-refractivity contribution is 7.10. The highest BCUT2D eigenvalue weighted by Crippen LogP contribution is 2.12. The summed E-state index contributed by atoms with van der Waals surface area (Å²) in [6.07, 6.45) is 0.980. The monoisotopic (exact) mass is 280 g/mol. The maximum absolute atomic E-state index is 5.81. The van der Waals surface area contributed by atoms with E-state index >= 15 is 0 Å². The van der Waals surface area contributed by atoms with Crippen molar-refractivity contribution in [3.63, 3.8) is 0 Å². The van der Waals surface area contributed by atoms with Crippen LogP contribution < -0.4 is 11.1 Å². The molecule has 0 aromatic carbocycles. The molecule has 0 bridgehead atoms. The molecule has 0 amide bonds. The van der Waals surface area contributed by atoms with E-state index in [0.717, 1.165) is 23.5 Å². The number of hydrogen-bond acceptors (Lipinski definition) is 4. The molecule has 2 aromatic heterocycles. The number of rotatable bonds is 5. The van der Waals surface area contributed by atoms with E-state index in [0.29, 0.717) is 12.5 Å². The summed E-state index contributed by atoms with van der Waals surface area (Å²) < 4.78 is 0. The van der Waals surface area contributed by atoms with Gasteiger partial charge in [-0.3, -0.25) is 0 Å². The molecular weight excluding hydrogens is 264 g/mol. The molecule has 0 spiro atoms. The number of guanidine groups is 1. The zero-order valence-electron chi connectivity index (χ0n) is 10.2. The Morgan fingerprint density at radius 1 is 1.50 bits per heavy atom. The molecular formula is C12H16N4S2. The zero-order valence-corrected chi connectivity index (χ0v) is 11.9. The second kappa shape index (κ2) is 6.51. The van der Waals surface area contributed by atoms with Gasteiger partial charge in [0.05, 0.1) is 17.7 Å². The largest absolute Gasteiger partial charge is 0.370 e. The molecule has 96 valence electrons. The summed E-state index contributed by atoms with van der Waals surface area (Å²) in [4.78, 5) is 11.0. The fourth-order valence-corrected chi connectivity index (χ4v) is 2.87. The SMILES string of the molecule is Cc1ncsc1CN=C(N)NCCc1cccs1. The minimum Gasteiger partial charge on any atom is -0.370 e. The smallest absolute Gasteiger partial charge is 0.188 e. The average molecular weight is 280 g/mol. The number of aliphatic imine (C=N–C) groups is 1. The lowest BCUT2D eigenvalue weighted by molar-refractivity contribution is 0.857. The number of thiazole rings is 1. The third kappa shape index (κ3) is 3.82. The van der Waals surface area contributed by atoms with Gasteiger partial charge < -0.3 is 11.1 Å². The molecule has 0 atom stereocenters. The van der Waals surface area contributed by atoms with Gasteiger partial charge in [-0.15, -0.1) is 22.7 Å². The normalized spacial score (nSPS) is 11.7. The summed E-state index contributed by atoms with van der Waals surface area (Å²) in [5.41, 5.74) is 8.68. The number of aryl methyl sites for hydroxylation is 1. The van der Waals surface area contributed by atoms with Gasteiger partial charge in [0.1, 0.15) is 0 Å². The summed E-state index contributed by atoms with van der Waals surface area (Å²) in [6.45, 7) is 3.41. The van der Waals surface area contributed by atoms with Crippen LogP contribution in [0.25, 0.3) is 0 Å². The van der Waals surface area contributed by atoms with Crippen molar-refractivity contribution in [1.82, 2.24) is 10.3 Å². The van der Waals surface area contributed by atoms with E-state index < -0.39 is 0 Å². The Labute approximate surface area is 115 Å². The first-order chi connectivity index (χ1) is 8.75. The van der Waals surface area contributed by atoms with Crippen molar-refractivity contribution >= 4 is 28.6 Å². The highest BCUT2D eigenvalue weighted by atomic mass is 32.1. The summed E-state index contributed by atoms with van der Waals surface area (Å²) in [5, 5.41) is 5.20. The Morgan fingerprint density at radius 3 is 3.06 bits per heavy atom. The third-order valence-corrected chi connectivity index (χ3v) is 4.35. The van der Waals surface area contributed by atoms with Crippen LogP contribution >= 0.6 is 22.7 Å². The van der Waals surface area contributed by atoms with E-state index in [9.17, 15) is 0 Å². The number of nitrogens with zero attached hydrogens (tertiary/aromatic N) is 2. The first kappa shape index (κ1) is 13.0. The highest BCUT2D eigenvalue weighted by Gasteiger charge is 2.00. The van der Waals surface area contributed by atoms with Crippen LogP contribution in [0.3, 0.4) is 0 Å². The average Bonchev–Trinajstić information content (AvgIpc) is 2.98. The van der Waals surface area contributed by atoms with Gasteiger partial charge in [-0.25, -0.2) is 9.98 Å². The molecule has 0 fully saturated rings. The van der Waals surface area contributed by atoms with E-state index in [-0.39, 0.29) is 0 Å². The van der Waals surface area contributed by atoms with Crippen LogP contribution in [0.15, 0.2) is 28.0 Å². The zero-order chi connectivity index (χ0) is 12.8. The summed E-state index contributed by atoms with van der Waals surface area (Å²) >= 11 is 3.37. The fourth-order valence-electron chi connectivity index (χ4n) is 1.46. The molecule has 2 rings (SSSR count). The van der Waals surface area contributed by atoms with Crippen molar-refractivity contribution < 1.29 is 0 Å². The molecule has 2 aromatic rings. The number of aromatic nitrogens is 1. The van der Waals surface area contributed by atoms with Crippen LogP contribution in [0.5, 0.6) is 0 Å². The van der Waals surface area contributed by atoms with Crippen molar-refractivity contribution in [1.29, 1.82) is 0 Å². The Hall–Kier alpha value is -1.40. The molecule has 0 aliphatic heterocycles. The summed E-state index contributed by atoms with van der Waals surface area (Å²) in [6, 6.07) is 4.18. The van der Waals surface area contributed by atoms with Crippen molar-refractivity contribution in [3.05, 3.63) is 38.5 Å². The molecule has 0 saturated carbocycles. The van der Waals surface area contributed by atoms with E-state index in [1.807, 2.05) is 12.4 Å². The minimum absolute atomic E-state index is 0.499. The summed E-state index contributed by atoms with van der Waals surface area (Å²) in [5.74, 6) is 0.499. The predicted octanol–water partition coefficient (Wildman–Crippen LogP) is 2.16. The Morgan fingerprint density at radius 2 is 2.39 bits per heavy atom. The standard InChI is InChI=1S/C12H16N4S2/c1-9-11(18-8-16-9)7-15-12(13)14-5-4-10-3-2-6-17-10/h2-3,6,8H,4-5,7H2,1H3,(H3,13,14,15). The molecule has 6 heteroatoms. The lowest BCUT2D eigenvalue weighted by Crippen LogP contribution is -2.33. The van der Waals surface area contributed by atoms with Gasteiger partial charge in [-0.2, -0.15) is 0 Å². The second-order valence-corrected chi connectivity index (χ2v) is 5.79. The fraction of sp³-hybridized carbons (Fsp3) is 0.333. The molecule has 18 heavy (non-hydrogen) atoms. The number of nitrogens with two attached hydrogens (primary N) is 1. The van der Waals surface area contributed by atoms with Crippen molar-refractivity contribution in [2.45, 2.75) is 19.9 Å². The van der Waals surface area contributed by atoms with Gasteiger partial charge in [0.2, 0.25) is 0 Å². The van der Waals surface area contributed by atoms with Gasteiger partial charge in [0, 0.05) is 16.3 Å². The van der Waals surface area contributed by atoms with E-state index in [1.165, 1.54) is 4.88 Å². The first-order valence-electron chi connectivity index (χ1n) is 5.71. The summed E-state index contributed by atoms with van der Waals surface area (Å²) in [7, 11) is 0. The van der Waals surface area contributed by atoms with E-state index in [2.05, 4.69) is 32.8 Å². The van der Waals surface area contributed by atoms with Crippen LogP contribution in [0.4, 0.5) is 0 Å². The van der Waals surface area contributed by atoms with Crippen LogP contribution in [0.1, 0.15) is 15.4 Å². The molecule has 0 aliphatic carbocycles.